The van der Waals surface area contributed by atoms with Gasteiger partial charge in [0.05, 0.1) is 87.7 Å². The van der Waals surface area contributed by atoms with E-state index in [4.69, 9.17) is 46.7 Å². The molecule has 5 heterocycles. The summed E-state index contributed by atoms with van der Waals surface area (Å²) < 4.78 is 29.6. The zero-order chi connectivity index (χ0) is 36.9. The van der Waals surface area contributed by atoms with E-state index in [0.717, 1.165) is 41.0 Å². The molecule has 0 unspecified atom stereocenters. The fourth-order valence-electron chi connectivity index (χ4n) is 6.92. The number of aromatic amines is 1. The molecule has 0 saturated carbocycles. The number of carbonyl (C=O) groups excluding carboxylic acids is 2. The van der Waals surface area contributed by atoms with Gasteiger partial charge < -0.3 is 38.1 Å². The molecule has 1 saturated heterocycles. The molecule has 2 amide bonds. The number of piperidine rings is 1. The van der Waals surface area contributed by atoms with Crippen LogP contribution in [-0.4, -0.2) is 121 Å². The number of aromatic nitrogens is 5. The van der Waals surface area contributed by atoms with Crippen molar-refractivity contribution in [1.29, 1.82) is 0 Å². The van der Waals surface area contributed by atoms with Gasteiger partial charge in [-0.2, -0.15) is 5.10 Å². The van der Waals surface area contributed by atoms with Crippen molar-refractivity contribution in [2.75, 3.05) is 84.1 Å². The quantitative estimate of drug-likeness (QED) is 0.0980. The molecule has 1 spiro atoms. The fraction of sp³-hybridized carbons (Fsp3) is 0.500. The lowest BCUT2D eigenvalue weighted by atomic mass is 9.74. The molecule has 0 atom stereocenters. The Morgan fingerprint density at radius 1 is 0.906 bits per heavy atom. The normalized spacial score (nSPS) is 15.1. The van der Waals surface area contributed by atoms with E-state index in [1.54, 1.807) is 29.6 Å². The van der Waals surface area contributed by atoms with Crippen LogP contribution in [-0.2, 0) is 47.0 Å². The third kappa shape index (κ3) is 9.42. The number of nitrogens with one attached hydrogen (secondary N) is 1. The Kier molecular flexibility index (Phi) is 13.8. The zero-order valence-corrected chi connectivity index (χ0v) is 30.6. The molecule has 53 heavy (non-hydrogen) atoms. The highest BCUT2D eigenvalue weighted by molar-refractivity contribution is 6.31. The number of H-pyrrole nitrogens is 1. The van der Waals surface area contributed by atoms with Gasteiger partial charge in [0.25, 0.3) is 5.91 Å². The van der Waals surface area contributed by atoms with Crippen molar-refractivity contribution in [3.05, 3.63) is 71.0 Å². The number of unbranched alkanes of at least 4 members (excludes halogenated alkanes) is 1. The van der Waals surface area contributed by atoms with Crippen molar-refractivity contribution >= 4 is 40.1 Å². The van der Waals surface area contributed by atoms with Gasteiger partial charge in [-0.15, -0.1) is 6.42 Å². The Morgan fingerprint density at radius 2 is 1.60 bits per heavy atom. The maximum Gasteiger partial charge on any atom is 0.271 e. The lowest BCUT2D eigenvalue weighted by Crippen LogP contribution is -2.50. The van der Waals surface area contributed by atoms with E-state index in [2.05, 4.69) is 25.7 Å². The second-order valence-corrected chi connectivity index (χ2v) is 13.3. The predicted molar refractivity (Wildman–Crippen MR) is 198 cm³/mol. The number of hydrogen-bond acceptors (Lipinski definition) is 10. The first kappa shape index (κ1) is 38.4. The molecule has 0 radical (unpaired) electrons. The summed E-state index contributed by atoms with van der Waals surface area (Å²) in [7, 11) is 0. The number of ether oxygens (including phenoxy) is 5. The molecule has 2 aliphatic heterocycles. The lowest BCUT2D eigenvalue weighted by Gasteiger charge is -2.38. The number of rotatable bonds is 21. The van der Waals surface area contributed by atoms with Crippen LogP contribution in [0.15, 0.2) is 48.9 Å². The number of anilines is 1. The van der Waals surface area contributed by atoms with E-state index >= 15 is 0 Å². The Bertz CT molecular complexity index is 1840. The van der Waals surface area contributed by atoms with Crippen LogP contribution in [0, 0.1) is 12.3 Å². The van der Waals surface area contributed by atoms with Crippen molar-refractivity contribution in [1.82, 2.24) is 29.6 Å². The Morgan fingerprint density at radius 3 is 2.28 bits per heavy atom. The number of likely N-dealkylation sites (tertiary alicyclic amines) is 1. The molecule has 15 heteroatoms. The van der Waals surface area contributed by atoms with Gasteiger partial charge in [-0.1, -0.05) is 17.5 Å². The molecule has 1 fully saturated rings. The van der Waals surface area contributed by atoms with Gasteiger partial charge >= 0.3 is 0 Å². The summed E-state index contributed by atoms with van der Waals surface area (Å²) >= 11 is 6.36. The first-order chi connectivity index (χ1) is 26.0. The monoisotopic (exact) mass is 747 g/mol. The van der Waals surface area contributed by atoms with Crippen LogP contribution in [0.1, 0.15) is 47.6 Å². The number of carbonyl (C=O) groups is 2. The highest BCUT2D eigenvalue weighted by Crippen LogP contribution is 2.48. The van der Waals surface area contributed by atoms with Crippen LogP contribution in [0.25, 0.3) is 11.0 Å². The molecular weight excluding hydrogens is 702 g/mol. The van der Waals surface area contributed by atoms with E-state index in [0.29, 0.717) is 109 Å². The summed E-state index contributed by atoms with van der Waals surface area (Å²) in [4.78, 5) is 40.4. The molecule has 3 aromatic heterocycles. The SMILES string of the molecule is C#CCOCCOCCOCCOCCOCCCCn1c(CN2C(=O)C3(CCN(C(=O)c4ccn[nH]4)CC3)c3ccncc32)nc2cc(Cl)ccc21. The highest BCUT2D eigenvalue weighted by Gasteiger charge is 2.52. The number of aryl methyl sites for hydroxylation is 1. The molecular formula is C38H46ClN7O7. The zero-order valence-electron chi connectivity index (χ0n) is 29.8. The van der Waals surface area contributed by atoms with Gasteiger partial charge in [-0.3, -0.25) is 19.7 Å². The first-order valence-corrected chi connectivity index (χ1v) is 18.4. The second-order valence-electron chi connectivity index (χ2n) is 12.9. The molecule has 1 aromatic carbocycles. The fourth-order valence-corrected chi connectivity index (χ4v) is 7.08. The third-order valence-electron chi connectivity index (χ3n) is 9.58. The van der Waals surface area contributed by atoms with E-state index in [1.165, 1.54) is 0 Å². The van der Waals surface area contributed by atoms with Crippen LogP contribution in [0.2, 0.25) is 5.02 Å². The summed E-state index contributed by atoms with van der Waals surface area (Å²) in [5.41, 5.74) is 3.19. The highest BCUT2D eigenvalue weighted by atomic mass is 35.5. The van der Waals surface area contributed by atoms with Crippen LogP contribution in [0.4, 0.5) is 5.69 Å². The first-order valence-electron chi connectivity index (χ1n) is 18.0. The van der Waals surface area contributed by atoms with E-state index in [-0.39, 0.29) is 18.4 Å². The van der Waals surface area contributed by atoms with Crippen LogP contribution >= 0.6 is 11.6 Å². The maximum absolute atomic E-state index is 14.4. The maximum atomic E-state index is 14.4. The van der Waals surface area contributed by atoms with E-state index in [9.17, 15) is 9.59 Å². The number of benzene rings is 1. The van der Waals surface area contributed by atoms with Crippen molar-refractivity contribution in [2.45, 2.75) is 44.2 Å². The van der Waals surface area contributed by atoms with Crippen LogP contribution in [0.5, 0.6) is 0 Å². The minimum absolute atomic E-state index is 0.0142. The average Bonchev–Trinajstić information content (AvgIpc) is 3.89. The molecule has 14 nitrogen and oxygen atoms in total. The van der Waals surface area contributed by atoms with Crippen molar-refractivity contribution in [2.24, 2.45) is 0 Å². The number of imidazole rings is 1. The molecule has 4 aromatic rings. The Labute approximate surface area is 314 Å². The summed E-state index contributed by atoms with van der Waals surface area (Å²) in [5.74, 6) is 3.08. The summed E-state index contributed by atoms with van der Waals surface area (Å²) in [6, 6.07) is 9.31. The average molecular weight is 748 g/mol. The summed E-state index contributed by atoms with van der Waals surface area (Å²) in [6.45, 7) is 6.70. The van der Waals surface area contributed by atoms with Crippen molar-refractivity contribution in [3.63, 3.8) is 0 Å². The Balaban J connectivity index is 0.975. The van der Waals surface area contributed by atoms with Gasteiger partial charge in [0.15, 0.2) is 0 Å². The van der Waals surface area contributed by atoms with Crippen LogP contribution in [0.3, 0.4) is 0 Å². The molecule has 2 aliphatic rings. The number of pyridine rings is 1. The van der Waals surface area contributed by atoms with Gasteiger partial charge in [-0.05, 0) is 61.6 Å². The van der Waals surface area contributed by atoms with Crippen LogP contribution < -0.4 is 4.90 Å². The number of amides is 2. The standard InChI is InChI=1S/C38H46ClN7O7/c1-2-16-49-18-20-51-22-24-53-25-23-52-21-19-50-17-4-3-13-45-33-6-5-29(39)26-32(33)42-35(45)28-46-34-27-40-11-7-30(34)38(37(46)48)9-14-44(15-10-38)36(47)31-8-12-41-43-31/h1,5-8,11-12,26-27H,3-4,9-10,13-25,28H2,(H,41,43). The van der Waals surface area contributed by atoms with E-state index in [1.807, 2.05) is 29.2 Å². The number of fused-ring (bicyclic) bond motifs is 3. The molecule has 6 rings (SSSR count). The minimum Gasteiger partial charge on any atom is -0.379 e. The number of halogens is 1. The second kappa shape index (κ2) is 19.1. The van der Waals surface area contributed by atoms with Gasteiger partial charge in [0.2, 0.25) is 5.91 Å². The predicted octanol–water partition coefficient (Wildman–Crippen LogP) is 4.03. The largest absolute Gasteiger partial charge is 0.379 e. The van der Waals surface area contributed by atoms with E-state index < -0.39 is 5.41 Å². The molecule has 0 bridgehead atoms. The lowest BCUT2D eigenvalue weighted by molar-refractivity contribution is -0.124. The van der Waals surface area contributed by atoms with Gasteiger partial charge in [0.1, 0.15) is 18.1 Å². The topological polar surface area (TPSA) is 146 Å². The minimum atomic E-state index is -0.731. The third-order valence-corrected chi connectivity index (χ3v) is 9.81. The number of terminal acetylenes is 1. The summed E-state index contributed by atoms with van der Waals surface area (Å²) in [5, 5.41) is 7.27. The van der Waals surface area contributed by atoms with Crippen molar-refractivity contribution < 1.29 is 33.3 Å². The smallest absolute Gasteiger partial charge is 0.271 e. The Hall–Kier alpha value is -4.36. The van der Waals surface area contributed by atoms with Gasteiger partial charge in [-0.25, -0.2) is 4.98 Å². The molecule has 0 aliphatic carbocycles. The summed E-state index contributed by atoms with van der Waals surface area (Å²) in [6.07, 6.45) is 12.9. The molecule has 282 valence electrons. The molecule has 1 N–H and O–H groups in total. The van der Waals surface area contributed by atoms with Crippen molar-refractivity contribution in [3.8, 4) is 12.3 Å². The van der Waals surface area contributed by atoms with Gasteiger partial charge in [0, 0.05) is 43.7 Å². The number of nitrogens with zero attached hydrogens (tertiary/aromatic N) is 6. The number of hydrogen-bond donors (Lipinski definition) is 1.